The van der Waals surface area contributed by atoms with Crippen LogP contribution < -0.4 is 10.6 Å². The molecule has 15 N–H and O–H groups in total. The molecular formula is C31H52N2O25S. The Bertz CT molecular complexity index is 1560. The first-order chi connectivity index (χ1) is 27.4. The standard InChI is InChI=1S/C31H52N2O25S/c1-8-17(40)20(43)21(44)28(52-8)56-25-16(33-10(3)37)27(46)53-13(6-35)23(25)55-29-22(45)26(19(42)14(54-29)7-59(49,50)51)58-31(30(47)48)4-11(38)15(32-9(2)36)24(57-31)18(41)12(39)5-34/h8,11-29,34-35,38-46H,4-7H2,1-3H3,(H,32,36)(H,33,37)(H,47,48)(H,49,50,51)/t8-,11+,12-,13-,14-,15-,16-,17+,18-,19+,20+,21-,22-,23-,24-,25-,26+,27-,28-,29+,31+/m1/s1. The Kier molecular flexibility index (Phi) is 16.5. The van der Waals surface area contributed by atoms with Crippen molar-refractivity contribution in [2.75, 3.05) is 19.0 Å². The highest BCUT2D eigenvalue weighted by Gasteiger charge is 2.61. The number of rotatable bonds is 15. The Morgan fingerprint density at radius 3 is 1.90 bits per heavy atom. The molecule has 342 valence electrons. The third kappa shape index (κ3) is 11.2. The highest BCUT2D eigenvalue weighted by Crippen LogP contribution is 2.39. The zero-order valence-electron chi connectivity index (χ0n) is 31.5. The summed E-state index contributed by atoms with van der Waals surface area (Å²) in [5.74, 6) is -8.56. The van der Waals surface area contributed by atoms with Gasteiger partial charge in [0.15, 0.2) is 18.9 Å². The number of carbonyl (C=O) groups is 3. The van der Waals surface area contributed by atoms with Crippen LogP contribution >= 0.6 is 0 Å². The molecule has 0 radical (unpaired) electrons. The van der Waals surface area contributed by atoms with E-state index in [1.807, 2.05) is 0 Å². The van der Waals surface area contributed by atoms with E-state index in [9.17, 15) is 88.6 Å². The summed E-state index contributed by atoms with van der Waals surface area (Å²) < 4.78 is 73.2. The molecule has 4 rings (SSSR count). The quantitative estimate of drug-likeness (QED) is 0.0679. The van der Waals surface area contributed by atoms with E-state index in [0.29, 0.717) is 0 Å². The molecule has 4 saturated heterocycles. The first kappa shape index (κ1) is 49.3. The number of carboxylic acids is 1. The predicted molar refractivity (Wildman–Crippen MR) is 182 cm³/mol. The summed E-state index contributed by atoms with van der Waals surface area (Å²) >= 11 is 0. The smallest absolute Gasteiger partial charge is 0.364 e. The van der Waals surface area contributed by atoms with Crippen LogP contribution in [0.4, 0.5) is 0 Å². The average molecular weight is 885 g/mol. The molecule has 4 fully saturated rings. The molecule has 0 aromatic rings. The monoisotopic (exact) mass is 884 g/mol. The van der Waals surface area contributed by atoms with Crippen molar-refractivity contribution in [1.82, 2.24) is 10.6 Å². The largest absolute Gasteiger partial charge is 0.477 e. The van der Waals surface area contributed by atoms with Crippen LogP contribution in [0.25, 0.3) is 0 Å². The van der Waals surface area contributed by atoms with E-state index in [4.69, 9.17) is 33.2 Å². The number of hydrogen-bond donors (Lipinski definition) is 15. The van der Waals surface area contributed by atoms with Crippen molar-refractivity contribution < 1.29 is 122 Å². The van der Waals surface area contributed by atoms with Crippen LogP contribution in [-0.4, -0.2) is 239 Å². The summed E-state index contributed by atoms with van der Waals surface area (Å²) in [5, 5.41) is 132. The summed E-state index contributed by atoms with van der Waals surface area (Å²) in [6.45, 7) is 1.06. The number of aliphatic carboxylic acids is 1. The van der Waals surface area contributed by atoms with Crippen molar-refractivity contribution in [2.24, 2.45) is 0 Å². The van der Waals surface area contributed by atoms with Gasteiger partial charge in [0, 0.05) is 20.3 Å². The Morgan fingerprint density at radius 1 is 0.780 bits per heavy atom. The van der Waals surface area contributed by atoms with Gasteiger partial charge in [-0.1, -0.05) is 0 Å². The van der Waals surface area contributed by atoms with E-state index in [2.05, 4.69) is 10.6 Å². The number of aliphatic hydroxyl groups excluding tert-OH is 11. The molecule has 0 unspecified atom stereocenters. The summed E-state index contributed by atoms with van der Waals surface area (Å²) in [5.41, 5.74) is 0. The van der Waals surface area contributed by atoms with Crippen LogP contribution in [0.15, 0.2) is 0 Å². The fourth-order valence-electron chi connectivity index (χ4n) is 7.18. The minimum Gasteiger partial charge on any atom is -0.477 e. The van der Waals surface area contributed by atoms with Crippen molar-refractivity contribution in [3.8, 4) is 0 Å². The molecule has 0 bridgehead atoms. The fourth-order valence-corrected chi connectivity index (χ4v) is 7.88. The molecule has 27 nitrogen and oxygen atoms in total. The maximum atomic E-state index is 12.9. The topological polar surface area (TPSA) is 437 Å². The molecule has 0 spiro atoms. The number of hydrogen-bond acceptors (Lipinski definition) is 23. The molecule has 0 aromatic heterocycles. The van der Waals surface area contributed by atoms with Crippen molar-refractivity contribution in [2.45, 2.75) is 155 Å². The molecule has 4 aliphatic rings. The SMILES string of the molecule is CC(=O)N[C@@H]1[C@@H](O[C@H]2O[C@H](C)[C@H](O)[C@H](O)[C@H]2O)[C@H](O[C@@H]2O[C@H](CS(=O)(=O)O)[C@H](O)[C@H](O[C@]3(C(=O)O)C[C@H](O)[C@@H](NC(C)=O)[C@H]([C@H](O)[C@H](O)CO)O3)[C@H]2O)[C@@H](CO)O[C@H]1O. The lowest BCUT2D eigenvalue weighted by atomic mass is 9.88. The first-order valence-corrected chi connectivity index (χ1v) is 19.7. The summed E-state index contributed by atoms with van der Waals surface area (Å²) in [7, 11) is -5.12. The summed E-state index contributed by atoms with van der Waals surface area (Å²) in [6, 6.07) is -3.40. The van der Waals surface area contributed by atoms with Crippen molar-refractivity contribution in [3.63, 3.8) is 0 Å². The van der Waals surface area contributed by atoms with Crippen molar-refractivity contribution >= 4 is 27.9 Å². The minimum atomic E-state index is -5.12. The number of carbonyl (C=O) groups excluding carboxylic acids is 2. The van der Waals surface area contributed by atoms with Gasteiger partial charge in [-0.25, -0.2) is 4.79 Å². The number of aliphatic hydroxyl groups is 11. The molecule has 21 atom stereocenters. The summed E-state index contributed by atoms with van der Waals surface area (Å²) in [6.07, 6.45) is -37.8. The molecule has 0 saturated carbocycles. The first-order valence-electron chi connectivity index (χ1n) is 18.1. The van der Waals surface area contributed by atoms with Crippen molar-refractivity contribution in [1.29, 1.82) is 0 Å². The average Bonchev–Trinajstić information content (AvgIpc) is 3.14. The minimum absolute atomic E-state index is 0.829. The van der Waals surface area contributed by atoms with E-state index < -0.39 is 182 Å². The molecular weight excluding hydrogens is 832 g/mol. The van der Waals surface area contributed by atoms with Gasteiger partial charge in [-0.2, -0.15) is 8.42 Å². The van der Waals surface area contributed by atoms with Gasteiger partial charge in [-0.15, -0.1) is 0 Å². The molecule has 28 heteroatoms. The van der Waals surface area contributed by atoms with Crippen LogP contribution in [0.5, 0.6) is 0 Å². The van der Waals surface area contributed by atoms with Crippen LogP contribution in [0.3, 0.4) is 0 Å². The lowest BCUT2D eigenvalue weighted by Crippen LogP contribution is -2.71. The number of nitrogens with one attached hydrogen (secondary N) is 2. The van der Waals surface area contributed by atoms with Crippen LogP contribution in [0.2, 0.25) is 0 Å². The summed E-state index contributed by atoms with van der Waals surface area (Å²) in [4.78, 5) is 37.1. The van der Waals surface area contributed by atoms with Gasteiger partial charge >= 0.3 is 5.97 Å². The second-order valence-corrected chi connectivity index (χ2v) is 16.1. The highest BCUT2D eigenvalue weighted by molar-refractivity contribution is 7.85. The molecule has 4 heterocycles. The third-order valence-corrected chi connectivity index (χ3v) is 10.9. The van der Waals surface area contributed by atoms with Gasteiger partial charge in [0.05, 0.1) is 31.5 Å². The predicted octanol–water partition coefficient (Wildman–Crippen LogP) is -9.33. The Morgan fingerprint density at radius 2 is 1.36 bits per heavy atom. The lowest BCUT2D eigenvalue weighted by molar-refractivity contribution is -0.387. The number of amides is 2. The normalized spacial score (nSPS) is 44.3. The van der Waals surface area contributed by atoms with Gasteiger partial charge in [0.2, 0.25) is 11.8 Å². The zero-order valence-corrected chi connectivity index (χ0v) is 32.3. The molecule has 59 heavy (non-hydrogen) atoms. The molecule has 2 amide bonds. The lowest BCUT2D eigenvalue weighted by Gasteiger charge is -2.51. The number of ether oxygens (including phenoxy) is 7. The van der Waals surface area contributed by atoms with Crippen molar-refractivity contribution in [3.05, 3.63) is 0 Å². The molecule has 4 aliphatic heterocycles. The van der Waals surface area contributed by atoms with E-state index >= 15 is 0 Å². The highest BCUT2D eigenvalue weighted by atomic mass is 32.2. The molecule has 0 aromatic carbocycles. The van der Waals surface area contributed by atoms with Crippen LogP contribution in [-0.2, 0) is 57.7 Å². The van der Waals surface area contributed by atoms with Gasteiger partial charge in [0.25, 0.3) is 15.9 Å². The van der Waals surface area contributed by atoms with Gasteiger partial charge in [0.1, 0.15) is 91.1 Å². The van der Waals surface area contributed by atoms with E-state index in [1.165, 1.54) is 6.92 Å². The zero-order chi connectivity index (χ0) is 44.5. The van der Waals surface area contributed by atoms with E-state index in [0.717, 1.165) is 13.8 Å². The van der Waals surface area contributed by atoms with E-state index in [1.54, 1.807) is 0 Å². The van der Waals surface area contributed by atoms with Gasteiger partial charge in [-0.3, -0.25) is 14.1 Å². The van der Waals surface area contributed by atoms with Crippen LogP contribution in [0, 0.1) is 0 Å². The van der Waals surface area contributed by atoms with Gasteiger partial charge in [-0.05, 0) is 6.92 Å². The second kappa shape index (κ2) is 19.8. The van der Waals surface area contributed by atoms with Gasteiger partial charge < -0.3 is 105 Å². The van der Waals surface area contributed by atoms with E-state index in [-0.39, 0.29) is 0 Å². The second-order valence-electron chi connectivity index (χ2n) is 14.6. The molecule has 0 aliphatic carbocycles. The maximum Gasteiger partial charge on any atom is 0.364 e. The fraction of sp³-hybridized carbons (Fsp3) is 0.903. The number of carboxylic acid groups (broad SMARTS) is 1. The van der Waals surface area contributed by atoms with Crippen LogP contribution in [0.1, 0.15) is 27.2 Å². The maximum absolute atomic E-state index is 12.9. The Labute approximate surface area is 334 Å². The Balaban J connectivity index is 1.77. The Hall–Kier alpha value is -2.40. The third-order valence-electron chi connectivity index (χ3n) is 10.1.